The van der Waals surface area contributed by atoms with Gasteiger partial charge in [0.2, 0.25) is 5.91 Å². The highest BCUT2D eigenvalue weighted by molar-refractivity contribution is 8.18. The van der Waals surface area contributed by atoms with Crippen LogP contribution in [0.3, 0.4) is 0 Å². The van der Waals surface area contributed by atoms with Gasteiger partial charge in [-0.2, -0.15) is 0 Å². The van der Waals surface area contributed by atoms with Crippen LogP contribution in [0.5, 0.6) is 11.5 Å². The third kappa shape index (κ3) is 6.62. The molecule has 3 amide bonds. The summed E-state index contributed by atoms with van der Waals surface area (Å²) in [5.74, 6) is 0.0815. The van der Waals surface area contributed by atoms with Crippen molar-refractivity contribution < 1.29 is 28.8 Å². The SMILES string of the molecule is C=CCc1cc(/C=C2\SC(=O)N(CC(=O)N3CCc4ccccc4C3)C2=O)cc(OC)c1OCc1ccc([N+](=O)[O-])cc1. The fraction of sp³-hybridized carbons (Fsp3) is 0.219. The van der Waals surface area contributed by atoms with Gasteiger partial charge in [-0.1, -0.05) is 30.3 Å². The summed E-state index contributed by atoms with van der Waals surface area (Å²) in [5, 5.41) is 10.4. The van der Waals surface area contributed by atoms with E-state index in [9.17, 15) is 24.5 Å². The number of carbonyl (C=O) groups is 3. The van der Waals surface area contributed by atoms with Crippen LogP contribution in [0.25, 0.3) is 6.08 Å². The minimum atomic E-state index is -0.525. The Morgan fingerprint density at radius 3 is 2.56 bits per heavy atom. The number of carbonyl (C=O) groups excluding carboxylic acids is 3. The highest BCUT2D eigenvalue weighted by Crippen LogP contribution is 2.37. The second-order valence-corrected chi connectivity index (χ2v) is 11.0. The van der Waals surface area contributed by atoms with Gasteiger partial charge in [0.25, 0.3) is 16.8 Å². The van der Waals surface area contributed by atoms with Gasteiger partial charge in [-0.25, -0.2) is 0 Å². The van der Waals surface area contributed by atoms with Crippen molar-refractivity contribution in [2.45, 2.75) is 26.0 Å². The molecule has 3 aromatic rings. The zero-order chi connectivity index (χ0) is 30.5. The first-order chi connectivity index (χ1) is 20.8. The summed E-state index contributed by atoms with van der Waals surface area (Å²) in [4.78, 5) is 52.4. The largest absolute Gasteiger partial charge is 0.493 e. The summed E-state index contributed by atoms with van der Waals surface area (Å²) in [6.45, 7) is 4.63. The number of non-ortho nitro benzene ring substituents is 1. The number of nitrogens with zero attached hydrogens (tertiary/aromatic N) is 3. The van der Waals surface area contributed by atoms with Gasteiger partial charge in [0, 0.05) is 30.8 Å². The molecule has 2 aliphatic rings. The fourth-order valence-electron chi connectivity index (χ4n) is 4.99. The highest BCUT2D eigenvalue weighted by atomic mass is 32.2. The quantitative estimate of drug-likeness (QED) is 0.129. The average molecular weight is 600 g/mol. The minimum absolute atomic E-state index is 0.0101. The summed E-state index contributed by atoms with van der Waals surface area (Å²) in [6, 6.07) is 17.5. The van der Waals surface area contributed by atoms with Crippen LogP contribution in [0.2, 0.25) is 0 Å². The molecule has 0 atom stereocenters. The van der Waals surface area contributed by atoms with Gasteiger partial charge in [-0.05, 0) is 77.2 Å². The molecule has 220 valence electrons. The lowest BCUT2D eigenvalue weighted by molar-refractivity contribution is -0.384. The molecule has 2 aliphatic heterocycles. The number of ether oxygens (including phenoxy) is 2. The van der Waals surface area contributed by atoms with Crippen molar-refractivity contribution in [2.75, 3.05) is 20.2 Å². The van der Waals surface area contributed by atoms with Gasteiger partial charge in [-0.15, -0.1) is 6.58 Å². The number of benzene rings is 3. The minimum Gasteiger partial charge on any atom is -0.493 e. The Morgan fingerprint density at radius 1 is 1.12 bits per heavy atom. The van der Waals surface area contributed by atoms with E-state index in [-0.39, 0.29) is 29.7 Å². The normalized spacial score (nSPS) is 15.4. The molecule has 0 bridgehead atoms. The van der Waals surface area contributed by atoms with Gasteiger partial charge >= 0.3 is 0 Å². The van der Waals surface area contributed by atoms with E-state index < -0.39 is 16.1 Å². The molecule has 1 saturated heterocycles. The van der Waals surface area contributed by atoms with Crippen LogP contribution in [-0.2, 0) is 35.6 Å². The summed E-state index contributed by atoms with van der Waals surface area (Å²) >= 11 is 0.789. The number of nitro benzene ring substituents is 1. The first kappa shape index (κ1) is 29.6. The predicted molar refractivity (Wildman–Crippen MR) is 163 cm³/mol. The molecule has 2 heterocycles. The topological polar surface area (TPSA) is 119 Å². The van der Waals surface area contributed by atoms with Crippen molar-refractivity contribution in [1.82, 2.24) is 9.80 Å². The van der Waals surface area contributed by atoms with Crippen LogP contribution < -0.4 is 9.47 Å². The van der Waals surface area contributed by atoms with E-state index in [1.165, 1.54) is 24.8 Å². The summed E-state index contributed by atoms with van der Waals surface area (Å²) in [5.41, 5.74) is 4.35. The van der Waals surface area contributed by atoms with E-state index in [0.717, 1.165) is 39.8 Å². The molecule has 0 N–H and O–H groups in total. The first-order valence-electron chi connectivity index (χ1n) is 13.5. The van der Waals surface area contributed by atoms with E-state index in [2.05, 4.69) is 6.58 Å². The smallest absolute Gasteiger partial charge is 0.294 e. The van der Waals surface area contributed by atoms with Gasteiger partial charge < -0.3 is 14.4 Å². The molecule has 0 aromatic heterocycles. The molecule has 0 unspecified atom stereocenters. The number of rotatable bonds is 10. The predicted octanol–water partition coefficient (Wildman–Crippen LogP) is 5.53. The van der Waals surface area contributed by atoms with E-state index in [0.29, 0.717) is 36.6 Å². The number of allylic oxidation sites excluding steroid dienone is 1. The van der Waals surface area contributed by atoms with Crippen molar-refractivity contribution >= 4 is 40.6 Å². The first-order valence-corrected chi connectivity index (χ1v) is 14.4. The Morgan fingerprint density at radius 2 is 1.86 bits per heavy atom. The molecular weight excluding hydrogens is 570 g/mol. The van der Waals surface area contributed by atoms with E-state index in [1.54, 1.807) is 35.3 Å². The number of nitro groups is 1. The zero-order valence-electron chi connectivity index (χ0n) is 23.5. The maximum absolute atomic E-state index is 13.2. The molecule has 0 aliphatic carbocycles. The molecule has 5 rings (SSSR count). The van der Waals surface area contributed by atoms with Crippen molar-refractivity contribution in [3.05, 3.63) is 116 Å². The lowest BCUT2D eigenvalue weighted by Crippen LogP contribution is -2.44. The number of imide groups is 1. The summed E-state index contributed by atoms with van der Waals surface area (Å²) < 4.78 is 11.7. The van der Waals surface area contributed by atoms with Crippen LogP contribution in [-0.4, -0.2) is 52.0 Å². The van der Waals surface area contributed by atoms with Crippen LogP contribution in [0.15, 0.2) is 78.2 Å². The third-order valence-corrected chi connectivity index (χ3v) is 8.12. The molecule has 1 fully saturated rings. The van der Waals surface area contributed by atoms with E-state index >= 15 is 0 Å². The Labute approximate surface area is 252 Å². The standard InChI is InChI=1S/C32H29N3O7S/c1-3-6-24-15-22(16-27(41-2)30(24)42-20-21-9-11-26(12-10-21)35(39)40)17-28-31(37)34(32(38)43-28)19-29(36)33-14-13-23-7-4-5-8-25(23)18-33/h3-5,7-12,15-17H,1,6,13-14,18-20H2,2H3/b28-17-. The Bertz CT molecular complexity index is 1630. The number of amides is 3. The van der Waals surface area contributed by atoms with Gasteiger partial charge in [0.1, 0.15) is 13.2 Å². The molecule has 10 nitrogen and oxygen atoms in total. The second-order valence-electron chi connectivity index (χ2n) is 10.0. The van der Waals surface area contributed by atoms with Crippen LogP contribution >= 0.6 is 11.8 Å². The average Bonchev–Trinajstić information content (AvgIpc) is 3.27. The van der Waals surface area contributed by atoms with Crippen LogP contribution in [0.1, 0.15) is 27.8 Å². The van der Waals surface area contributed by atoms with E-state index in [4.69, 9.17) is 9.47 Å². The lowest BCUT2D eigenvalue weighted by atomic mass is 10.00. The summed E-state index contributed by atoms with van der Waals surface area (Å²) in [7, 11) is 1.49. The Kier molecular flexibility index (Phi) is 8.91. The zero-order valence-corrected chi connectivity index (χ0v) is 24.3. The van der Waals surface area contributed by atoms with Gasteiger partial charge in [-0.3, -0.25) is 29.4 Å². The maximum atomic E-state index is 13.2. The van der Waals surface area contributed by atoms with E-state index in [1.807, 2.05) is 30.3 Å². The number of hydrogen-bond donors (Lipinski definition) is 0. The molecule has 11 heteroatoms. The fourth-order valence-corrected chi connectivity index (χ4v) is 5.83. The highest BCUT2D eigenvalue weighted by Gasteiger charge is 2.37. The number of thioether (sulfide) groups is 1. The Balaban J connectivity index is 1.31. The van der Waals surface area contributed by atoms with Crippen LogP contribution in [0, 0.1) is 10.1 Å². The molecule has 43 heavy (non-hydrogen) atoms. The van der Waals surface area contributed by atoms with Crippen molar-refractivity contribution in [2.24, 2.45) is 0 Å². The van der Waals surface area contributed by atoms with Gasteiger partial charge in [0.15, 0.2) is 11.5 Å². The third-order valence-electron chi connectivity index (χ3n) is 7.22. The number of fused-ring (bicyclic) bond motifs is 1. The van der Waals surface area contributed by atoms with Gasteiger partial charge in [0.05, 0.1) is 16.9 Å². The second kappa shape index (κ2) is 13.0. The molecule has 3 aromatic carbocycles. The van der Waals surface area contributed by atoms with Crippen molar-refractivity contribution in [1.29, 1.82) is 0 Å². The van der Waals surface area contributed by atoms with Crippen molar-refractivity contribution in [3.63, 3.8) is 0 Å². The molecule has 0 radical (unpaired) electrons. The van der Waals surface area contributed by atoms with Crippen molar-refractivity contribution in [3.8, 4) is 11.5 Å². The lowest BCUT2D eigenvalue weighted by Gasteiger charge is -2.29. The molecule has 0 spiro atoms. The molecule has 0 saturated carbocycles. The maximum Gasteiger partial charge on any atom is 0.294 e. The summed E-state index contributed by atoms with van der Waals surface area (Å²) in [6.07, 6.45) is 4.46. The molecular formula is C32H29N3O7S. The Hall–Kier alpha value is -4.90. The monoisotopic (exact) mass is 599 g/mol. The number of hydrogen-bond acceptors (Lipinski definition) is 8. The van der Waals surface area contributed by atoms with Crippen LogP contribution in [0.4, 0.5) is 10.5 Å². The number of methoxy groups -OCH3 is 1.